The summed E-state index contributed by atoms with van der Waals surface area (Å²) >= 11 is 12.5. The van der Waals surface area contributed by atoms with Crippen molar-refractivity contribution in [2.75, 3.05) is 6.61 Å². The molecule has 0 spiro atoms. The Bertz CT molecular complexity index is 248. The molecule has 0 unspecified atom stereocenters. The van der Waals surface area contributed by atoms with Crippen molar-refractivity contribution in [3.8, 4) is 0 Å². The fraction of sp³-hybridized carbons (Fsp3) is 0.933. The smallest absolute Gasteiger partial charge is 0.305 e. The molecule has 5 heteroatoms. The van der Waals surface area contributed by atoms with Gasteiger partial charge >= 0.3 is 5.97 Å². The first kappa shape index (κ1) is 20.3. The van der Waals surface area contributed by atoms with Gasteiger partial charge in [0.25, 0.3) is 6.69 Å². The molecule has 0 aliphatic rings. The Morgan fingerprint density at radius 3 is 1.90 bits per heavy atom. The Kier molecular flexibility index (Phi) is 13.1. The molecule has 0 amide bonds. The van der Waals surface area contributed by atoms with Gasteiger partial charge in [0.15, 0.2) is 0 Å². The van der Waals surface area contributed by atoms with E-state index in [0.29, 0.717) is 13.0 Å². The minimum atomic E-state index is -1.88. The molecule has 0 aromatic rings. The summed E-state index contributed by atoms with van der Waals surface area (Å²) in [6, 6.07) is 1.99. The Morgan fingerprint density at radius 1 is 0.900 bits per heavy atom. The van der Waals surface area contributed by atoms with Gasteiger partial charge < -0.3 is 4.74 Å². The summed E-state index contributed by atoms with van der Waals surface area (Å²) in [5.41, 5.74) is 0. The van der Waals surface area contributed by atoms with E-state index in [0.717, 1.165) is 24.9 Å². The second-order valence-corrected chi connectivity index (χ2v) is 13.2. The van der Waals surface area contributed by atoms with Crippen LogP contribution in [0.4, 0.5) is 0 Å². The third-order valence-electron chi connectivity index (χ3n) is 3.50. The summed E-state index contributed by atoms with van der Waals surface area (Å²) in [5, 5.41) is 0. The molecule has 2 nitrogen and oxygen atoms in total. The lowest BCUT2D eigenvalue weighted by Crippen LogP contribution is -2.16. The molecule has 0 fully saturated rings. The van der Waals surface area contributed by atoms with E-state index in [-0.39, 0.29) is 5.97 Å². The fourth-order valence-electron chi connectivity index (χ4n) is 2.12. The number of carbonyl (C=O) groups is 1. The van der Waals surface area contributed by atoms with Gasteiger partial charge in [0.1, 0.15) is 0 Å². The van der Waals surface area contributed by atoms with Crippen molar-refractivity contribution in [1.29, 1.82) is 0 Å². The van der Waals surface area contributed by atoms with Crippen molar-refractivity contribution in [2.24, 2.45) is 0 Å². The highest BCUT2D eigenvalue weighted by Crippen LogP contribution is 2.27. The van der Waals surface area contributed by atoms with Crippen LogP contribution >= 0.6 is 22.2 Å². The number of hydrogen-bond donors (Lipinski definition) is 0. The number of esters is 1. The van der Waals surface area contributed by atoms with Crippen LogP contribution in [-0.4, -0.2) is 19.3 Å². The summed E-state index contributed by atoms with van der Waals surface area (Å²) in [5.74, 6) is -0.0572. The van der Waals surface area contributed by atoms with Gasteiger partial charge in [-0.25, -0.2) is 0 Å². The van der Waals surface area contributed by atoms with Gasteiger partial charge in [0.05, 0.1) is 6.61 Å². The van der Waals surface area contributed by atoms with Gasteiger partial charge in [-0.1, -0.05) is 51.9 Å². The fourth-order valence-corrected chi connectivity index (χ4v) is 4.05. The summed E-state index contributed by atoms with van der Waals surface area (Å²) in [4.78, 5) is 11.1. The molecule has 20 heavy (non-hydrogen) atoms. The Morgan fingerprint density at radius 2 is 1.40 bits per heavy atom. The molecule has 0 atom stereocenters. The maximum absolute atomic E-state index is 11.1. The topological polar surface area (TPSA) is 26.3 Å². The van der Waals surface area contributed by atoms with E-state index in [1.807, 2.05) is 6.92 Å². The van der Waals surface area contributed by atoms with E-state index in [1.165, 1.54) is 38.5 Å². The molecular weight excluding hydrogens is 311 g/mol. The zero-order valence-corrected chi connectivity index (χ0v) is 15.6. The van der Waals surface area contributed by atoms with Crippen LogP contribution in [0.2, 0.25) is 12.1 Å². The lowest BCUT2D eigenvalue weighted by atomic mass is 10.1. The first-order chi connectivity index (χ1) is 9.52. The highest BCUT2D eigenvalue weighted by molar-refractivity contribution is 7.45. The number of ether oxygens (including phenoxy) is 1. The molecular formula is C15H30Cl2O2Si. The monoisotopic (exact) mass is 340 g/mol. The van der Waals surface area contributed by atoms with E-state index >= 15 is 0 Å². The van der Waals surface area contributed by atoms with Crippen molar-refractivity contribution < 1.29 is 9.53 Å². The molecule has 0 bridgehead atoms. The largest absolute Gasteiger partial charge is 0.466 e. The molecule has 0 saturated carbocycles. The third kappa shape index (κ3) is 13.3. The van der Waals surface area contributed by atoms with Crippen molar-refractivity contribution in [2.45, 2.75) is 83.7 Å². The highest BCUT2D eigenvalue weighted by Gasteiger charge is 2.24. The maximum Gasteiger partial charge on any atom is 0.305 e. The average molecular weight is 341 g/mol. The molecule has 0 rings (SSSR count). The Balaban J connectivity index is 3.19. The molecule has 0 aliphatic carbocycles. The molecule has 0 saturated heterocycles. The molecule has 0 heterocycles. The van der Waals surface area contributed by atoms with Crippen LogP contribution in [0.1, 0.15) is 71.6 Å². The lowest BCUT2D eigenvalue weighted by molar-refractivity contribution is -0.143. The van der Waals surface area contributed by atoms with E-state index < -0.39 is 6.69 Å². The first-order valence-corrected chi connectivity index (χ1v) is 12.5. The summed E-state index contributed by atoms with van der Waals surface area (Å²) < 4.78 is 4.89. The average Bonchev–Trinajstić information content (AvgIpc) is 2.41. The molecule has 0 radical (unpaired) electrons. The Hall–Kier alpha value is 0.267. The summed E-state index contributed by atoms with van der Waals surface area (Å²) in [7, 11) is 0. The van der Waals surface area contributed by atoms with Crippen LogP contribution in [0.15, 0.2) is 0 Å². The van der Waals surface area contributed by atoms with Gasteiger partial charge in [-0.3, -0.25) is 4.79 Å². The summed E-state index contributed by atoms with van der Waals surface area (Å²) in [6.45, 7) is 2.54. The summed E-state index contributed by atoms with van der Waals surface area (Å²) in [6.07, 6.45) is 10.1. The quantitative estimate of drug-likeness (QED) is 0.178. The van der Waals surface area contributed by atoms with Gasteiger partial charge in [-0.2, -0.15) is 0 Å². The number of halogens is 2. The highest BCUT2D eigenvalue weighted by atomic mass is 35.7. The van der Waals surface area contributed by atoms with Gasteiger partial charge in [-0.15, -0.1) is 22.2 Å². The first-order valence-electron chi connectivity index (χ1n) is 8.05. The zero-order chi connectivity index (χ0) is 15.3. The van der Waals surface area contributed by atoms with Gasteiger partial charge in [-0.05, 0) is 25.4 Å². The van der Waals surface area contributed by atoms with Crippen LogP contribution in [0, 0.1) is 0 Å². The number of rotatable bonds is 13. The number of carbonyl (C=O) groups excluding carboxylic acids is 1. The minimum absolute atomic E-state index is 0.0572. The second kappa shape index (κ2) is 13.0. The van der Waals surface area contributed by atoms with Gasteiger partial charge in [0, 0.05) is 6.42 Å². The maximum atomic E-state index is 11.1. The van der Waals surface area contributed by atoms with E-state index in [2.05, 4.69) is 6.92 Å². The predicted molar refractivity (Wildman–Crippen MR) is 90.9 cm³/mol. The lowest BCUT2D eigenvalue weighted by Gasteiger charge is -2.13. The number of hydrogen-bond acceptors (Lipinski definition) is 2. The van der Waals surface area contributed by atoms with E-state index in [1.54, 1.807) is 0 Å². The predicted octanol–water partition coefficient (Wildman–Crippen LogP) is 6.00. The SMILES string of the molecule is CCOC(=O)CCCCCCCCCC[Si](Cl)(Cl)CC. The molecule has 0 aromatic carbocycles. The van der Waals surface area contributed by atoms with Crippen molar-refractivity contribution in [1.82, 2.24) is 0 Å². The normalized spacial score (nSPS) is 11.6. The van der Waals surface area contributed by atoms with Crippen molar-refractivity contribution in [3.63, 3.8) is 0 Å². The second-order valence-electron chi connectivity index (χ2n) is 5.34. The van der Waals surface area contributed by atoms with Crippen molar-refractivity contribution in [3.05, 3.63) is 0 Å². The zero-order valence-electron chi connectivity index (χ0n) is 13.1. The van der Waals surface area contributed by atoms with Crippen LogP contribution in [-0.2, 0) is 9.53 Å². The van der Waals surface area contributed by atoms with E-state index in [9.17, 15) is 4.79 Å². The molecule has 0 aromatic heterocycles. The van der Waals surface area contributed by atoms with Crippen LogP contribution in [0.25, 0.3) is 0 Å². The van der Waals surface area contributed by atoms with E-state index in [4.69, 9.17) is 26.9 Å². The standard InChI is InChI=1S/C15H30Cl2O2Si/c1-3-19-15(18)13-11-9-7-5-6-8-10-12-14-20(16,17)4-2/h3-14H2,1-2H3. The third-order valence-corrected chi connectivity index (χ3v) is 8.35. The molecule has 120 valence electrons. The minimum Gasteiger partial charge on any atom is -0.466 e. The van der Waals surface area contributed by atoms with Crippen LogP contribution in [0.5, 0.6) is 0 Å². The number of unbranched alkanes of at least 4 members (excludes halogenated alkanes) is 7. The van der Waals surface area contributed by atoms with Crippen molar-refractivity contribution >= 4 is 34.8 Å². The van der Waals surface area contributed by atoms with Crippen LogP contribution in [0.3, 0.4) is 0 Å². The molecule has 0 aliphatic heterocycles. The Labute approximate surface area is 135 Å². The van der Waals surface area contributed by atoms with Gasteiger partial charge in [0.2, 0.25) is 0 Å². The van der Waals surface area contributed by atoms with Crippen LogP contribution < -0.4 is 0 Å². The molecule has 0 N–H and O–H groups in total.